The highest BCUT2D eigenvalue weighted by atomic mass is 19.2. The van der Waals surface area contributed by atoms with Gasteiger partial charge in [0.1, 0.15) is 18.3 Å². The van der Waals surface area contributed by atoms with Gasteiger partial charge in [0.05, 0.1) is 72.9 Å². The number of halogens is 2. The third-order valence-electron chi connectivity index (χ3n) is 13.6. The van der Waals surface area contributed by atoms with Crippen molar-refractivity contribution in [1.29, 1.82) is 0 Å². The fourth-order valence-electron chi connectivity index (χ4n) is 10.0. The molecule has 2 fully saturated rings. The molecule has 2 saturated heterocycles. The Morgan fingerprint density at radius 3 is 1.69 bits per heavy atom. The Hall–Kier alpha value is -7.12. The predicted octanol–water partition coefficient (Wildman–Crippen LogP) is 8.48. The van der Waals surface area contributed by atoms with Gasteiger partial charge in [0.2, 0.25) is 12.5 Å². The van der Waals surface area contributed by atoms with E-state index in [0.717, 1.165) is 33.4 Å². The summed E-state index contributed by atoms with van der Waals surface area (Å²) in [4.78, 5) is 25.1. The zero-order chi connectivity index (χ0) is 52.3. The summed E-state index contributed by atoms with van der Waals surface area (Å²) >= 11 is 0. The van der Waals surface area contributed by atoms with Crippen molar-refractivity contribution in [3.63, 3.8) is 0 Å². The topological polar surface area (TPSA) is 168 Å². The van der Waals surface area contributed by atoms with Crippen LogP contribution >= 0.6 is 0 Å². The third kappa shape index (κ3) is 12.2. The van der Waals surface area contributed by atoms with Crippen molar-refractivity contribution in [1.82, 2.24) is 5.32 Å². The maximum Gasteiger partial charge on any atom is 0.348 e. The quantitative estimate of drug-likeness (QED) is 0.0742. The van der Waals surface area contributed by atoms with Crippen LogP contribution in [-0.2, 0) is 64.4 Å². The first-order chi connectivity index (χ1) is 36.6. The van der Waals surface area contributed by atoms with Gasteiger partial charge in [0.25, 0.3) is 5.91 Å². The van der Waals surface area contributed by atoms with Crippen molar-refractivity contribution in [3.05, 3.63) is 185 Å². The molecule has 3 aliphatic heterocycles. The van der Waals surface area contributed by atoms with Gasteiger partial charge < -0.3 is 62.5 Å². The number of alkyl halides is 2. The second kappa shape index (κ2) is 24.5. The number of methoxy groups -OCH3 is 3. The van der Waals surface area contributed by atoms with E-state index in [1.807, 2.05) is 127 Å². The summed E-state index contributed by atoms with van der Waals surface area (Å²) in [6.07, 6.45) is -4.30. The summed E-state index contributed by atoms with van der Waals surface area (Å²) in [5.74, 6) is -0.345. The third-order valence-corrected chi connectivity index (χ3v) is 13.6. The molecule has 6 aromatic carbocycles. The first-order valence-electron chi connectivity index (χ1n) is 24.5. The van der Waals surface area contributed by atoms with Crippen molar-refractivity contribution in [3.8, 4) is 28.7 Å². The van der Waals surface area contributed by atoms with Crippen LogP contribution in [0, 0.1) is 11.8 Å². The van der Waals surface area contributed by atoms with E-state index >= 15 is 4.39 Å². The number of carbonyl (C=O) groups excluding carboxylic acids is 2. The van der Waals surface area contributed by atoms with Crippen molar-refractivity contribution in [2.45, 2.75) is 68.8 Å². The molecule has 0 aromatic heterocycles. The fraction of sp³-hybridized carbons (Fsp3) is 0.345. The van der Waals surface area contributed by atoms with Crippen LogP contribution in [0.5, 0.6) is 28.7 Å². The van der Waals surface area contributed by atoms with Gasteiger partial charge in [0.15, 0.2) is 35.8 Å². The summed E-state index contributed by atoms with van der Waals surface area (Å²) in [5.41, 5.74) is 5.79. The number of hydrogen-bond donors (Lipinski definition) is 2. The number of amides is 1. The first kappa shape index (κ1) is 52.7. The summed E-state index contributed by atoms with van der Waals surface area (Å²) in [6, 6.07) is 41.6. The molecule has 1 aliphatic carbocycles. The minimum atomic E-state index is -3.15. The highest BCUT2D eigenvalue weighted by Gasteiger charge is 2.58. The molecule has 394 valence electrons. The standard InChI is InChI=1S/C34H35FO6.C24H24FNO8/c35-34(36)33(40-24-29-19-11-4-12-20-29)32(39-23-28-17-9-3-10-18-28)31(38-22-27-15-7-2-8-16-27)30(41-34)25-37-21-26-13-5-1-6-14-26;1-29-17-4-11(5-18(30-2)23(17)31-3)20-12-6-15-16(34-10-33-15)7-13(12)22(26-19(27)8-25)14-9-32-24(28)21(14)20/h1-20,30-33,36H,21-25H2;4-7,14,20-22H,8-10H2,1-3H3,(H,26,27)/t30-,31-,32+,33-,34-;14-,20+,21-,22+/m10/s1. The lowest BCUT2D eigenvalue weighted by molar-refractivity contribution is -0.418. The molecule has 0 spiro atoms. The van der Waals surface area contributed by atoms with Crippen molar-refractivity contribution in [2.24, 2.45) is 11.8 Å². The van der Waals surface area contributed by atoms with Gasteiger partial charge in [-0.1, -0.05) is 121 Å². The number of rotatable bonds is 19. The molecule has 15 nitrogen and oxygen atoms in total. The summed E-state index contributed by atoms with van der Waals surface area (Å²) < 4.78 is 92.5. The van der Waals surface area contributed by atoms with E-state index < -0.39 is 72.8 Å². The maximum atomic E-state index is 16.0. The molecule has 2 N–H and O–H groups in total. The van der Waals surface area contributed by atoms with E-state index in [0.29, 0.717) is 40.9 Å². The van der Waals surface area contributed by atoms with Crippen molar-refractivity contribution < 1.29 is 75.6 Å². The summed E-state index contributed by atoms with van der Waals surface area (Å²) in [6.45, 7) is -0.316. The van der Waals surface area contributed by atoms with Gasteiger partial charge in [-0.25, -0.2) is 4.39 Å². The lowest BCUT2D eigenvalue weighted by Crippen LogP contribution is -2.65. The lowest BCUT2D eigenvalue weighted by Gasteiger charge is -2.46. The fourth-order valence-corrected chi connectivity index (χ4v) is 10.0. The highest BCUT2D eigenvalue weighted by Crippen LogP contribution is 2.55. The van der Waals surface area contributed by atoms with E-state index in [4.69, 9.17) is 52.1 Å². The molecule has 9 atom stereocenters. The molecular formula is C58H59F2NO14. The van der Waals surface area contributed by atoms with Gasteiger partial charge in [-0.05, 0) is 63.2 Å². The molecule has 17 heteroatoms. The summed E-state index contributed by atoms with van der Waals surface area (Å²) in [7, 11) is 4.55. The molecule has 3 heterocycles. The summed E-state index contributed by atoms with van der Waals surface area (Å²) in [5, 5.41) is 13.7. The lowest BCUT2D eigenvalue weighted by atomic mass is 9.65. The van der Waals surface area contributed by atoms with E-state index in [-0.39, 0.29) is 39.8 Å². The Morgan fingerprint density at radius 1 is 0.667 bits per heavy atom. The van der Waals surface area contributed by atoms with Gasteiger partial charge in [-0.15, -0.1) is 0 Å². The van der Waals surface area contributed by atoms with Gasteiger partial charge in [0, 0.05) is 11.8 Å². The number of cyclic esters (lactones) is 1. The van der Waals surface area contributed by atoms with Crippen LogP contribution in [-0.4, -0.2) is 95.5 Å². The zero-order valence-electron chi connectivity index (χ0n) is 41.6. The second-order valence-corrected chi connectivity index (χ2v) is 18.3. The van der Waals surface area contributed by atoms with Crippen LogP contribution in [0.25, 0.3) is 0 Å². The Bertz CT molecular complexity index is 2800. The Labute approximate surface area is 433 Å². The number of carbonyl (C=O) groups is 2. The number of nitrogens with one attached hydrogen (secondary N) is 1. The average molecular weight is 1030 g/mol. The first-order valence-corrected chi connectivity index (χ1v) is 24.5. The molecule has 75 heavy (non-hydrogen) atoms. The Morgan fingerprint density at radius 2 is 1.17 bits per heavy atom. The molecule has 0 radical (unpaired) electrons. The van der Waals surface area contributed by atoms with Crippen LogP contribution in [0.3, 0.4) is 0 Å². The molecule has 6 aromatic rings. The molecule has 1 amide bonds. The zero-order valence-corrected chi connectivity index (χ0v) is 41.6. The predicted molar refractivity (Wildman–Crippen MR) is 267 cm³/mol. The van der Waals surface area contributed by atoms with E-state index in [1.165, 1.54) is 21.3 Å². The number of fused-ring (bicyclic) bond motifs is 3. The van der Waals surface area contributed by atoms with E-state index in [1.54, 1.807) is 18.2 Å². The number of hydrogen-bond acceptors (Lipinski definition) is 14. The van der Waals surface area contributed by atoms with Gasteiger partial charge in [-0.3, -0.25) is 9.59 Å². The van der Waals surface area contributed by atoms with Gasteiger partial charge >= 0.3 is 12.0 Å². The van der Waals surface area contributed by atoms with Crippen LogP contribution in [0.4, 0.5) is 8.78 Å². The molecule has 0 bridgehead atoms. The Balaban J connectivity index is 0.000000187. The molecule has 4 aliphatic rings. The maximum absolute atomic E-state index is 16.0. The highest BCUT2D eigenvalue weighted by molar-refractivity contribution is 5.81. The number of esters is 1. The van der Waals surface area contributed by atoms with E-state index in [2.05, 4.69) is 5.32 Å². The normalized spacial score (nSPS) is 24.2. The minimum absolute atomic E-state index is 0.0306. The largest absolute Gasteiger partial charge is 0.493 e. The van der Waals surface area contributed by atoms with Crippen LogP contribution in [0.2, 0.25) is 0 Å². The number of ether oxygens (including phenoxy) is 11. The average Bonchev–Trinajstić information content (AvgIpc) is 4.07. The Kier molecular flexibility index (Phi) is 17.2. The second-order valence-electron chi connectivity index (χ2n) is 18.3. The van der Waals surface area contributed by atoms with E-state index in [9.17, 15) is 19.1 Å². The molecule has 10 rings (SSSR count). The van der Waals surface area contributed by atoms with Crippen LogP contribution < -0.4 is 29.0 Å². The molecule has 0 unspecified atom stereocenters. The van der Waals surface area contributed by atoms with Crippen LogP contribution in [0.15, 0.2) is 146 Å². The van der Waals surface area contributed by atoms with Gasteiger partial charge in [-0.2, -0.15) is 4.39 Å². The smallest absolute Gasteiger partial charge is 0.348 e. The van der Waals surface area contributed by atoms with Crippen molar-refractivity contribution >= 4 is 11.9 Å². The molecular weight excluding hydrogens is 973 g/mol. The molecule has 0 saturated carbocycles. The number of aliphatic hydroxyl groups is 1. The minimum Gasteiger partial charge on any atom is -0.493 e. The SMILES string of the molecule is COc1cc([C@@H]2c3cc4c(cc3[C@@H](NC(=O)CF)[C@H]3COC(=O)[C@H]23)OCO4)cc(OC)c1OC.O[C@@]1(F)O[C@H](COCc2ccccc2)[C@@H](OCc2ccccc2)[C@H](OCc2ccccc2)[C@H]1OCc1ccccc1. The monoisotopic (exact) mass is 1030 g/mol. The van der Waals surface area contributed by atoms with Crippen molar-refractivity contribution in [2.75, 3.05) is 48.0 Å². The number of benzene rings is 6. The van der Waals surface area contributed by atoms with Crippen LogP contribution in [0.1, 0.15) is 50.9 Å².